The van der Waals surface area contributed by atoms with Gasteiger partial charge in [0.05, 0.1) is 12.1 Å². The molecule has 2 atom stereocenters. The van der Waals surface area contributed by atoms with Crippen molar-refractivity contribution in [3.05, 3.63) is 18.3 Å². The summed E-state index contributed by atoms with van der Waals surface area (Å²) in [4.78, 5) is 6.58. The number of likely N-dealkylation sites (N-methyl/N-ethyl adjacent to an activating group) is 1. The average Bonchev–Trinajstić information content (AvgIpc) is 2.75. The van der Waals surface area contributed by atoms with Crippen LogP contribution in [0.25, 0.3) is 0 Å². The zero-order chi connectivity index (χ0) is 12.3. The van der Waals surface area contributed by atoms with Crippen LogP contribution in [-0.4, -0.2) is 37.3 Å². The van der Waals surface area contributed by atoms with E-state index in [1.54, 1.807) is 0 Å². The molecule has 4 heteroatoms. The van der Waals surface area contributed by atoms with E-state index in [2.05, 4.69) is 42.2 Å². The number of aromatic nitrogens is 1. The van der Waals surface area contributed by atoms with Gasteiger partial charge in [-0.3, -0.25) is 0 Å². The van der Waals surface area contributed by atoms with Gasteiger partial charge in [0.2, 0.25) is 0 Å². The van der Waals surface area contributed by atoms with Crippen LogP contribution in [0.1, 0.15) is 20.3 Å². The van der Waals surface area contributed by atoms with Gasteiger partial charge >= 0.3 is 0 Å². The first kappa shape index (κ1) is 12.2. The molecule has 1 saturated heterocycles. The van der Waals surface area contributed by atoms with Gasteiger partial charge in [-0.25, -0.2) is 4.98 Å². The fraction of sp³-hybridized carbons (Fsp3) is 0.615. The van der Waals surface area contributed by atoms with Gasteiger partial charge < -0.3 is 15.0 Å². The van der Waals surface area contributed by atoms with Crippen molar-refractivity contribution in [2.24, 2.45) is 0 Å². The summed E-state index contributed by atoms with van der Waals surface area (Å²) in [5.41, 5.74) is 1.19. The minimum absolute atomic E-state index is 0.302. The van der Waals surface area contributed by atoms with Crippen LogP contribution in [0.5, 0.6) is 0 Å². The van der Waals surface area contributed by atoms with Gasteiger partial charge in [0.15, 0.2) is 0 Å². The van der Waals surface area contributed by atoms with Crippen molar-refractivity contribution < 1.29 is 4.74 Å². The molecule has 4 nitrogen and oxygen atoms in total. The topological polar surface area (TPSA) is 37.4 Å². The molecule has 1 aliphatic rings. The standard InChI is InChI=1S/C13H21N3O/c1-4-14-13-9-11(5-7-15-13)16(3)12-6-8-17-10(12)2/h5,7,9-10,12H,4,6,8H2,1-3H3,(H,14,15). The number of nitrogens with one attached hydrogen (secondary N) is 1. The van der Waals surface area contributed by atoms with Crippen molar-refractivity contribution in [1.82, 2.24) is 4.98 Å². The Labute approximate surface area is 103 Å². The highest BCUT2D eigenvalue weighted by molar-refractivity contribution is 5.54. The normalized spacial score (nSPS) is 23.7. The highest BCUT2D eigenvalue weighted by atomic mass is 16.5. The summed E-state index contributed by atoms with van der Waals surface area (Å²) in [5, 5.41) is 3.24. The van der Waals surface area contributed by atoms with E-state index in [0.717, 1.165) is 25.4 Å². The second kappa shape index (κ2) is 5.36. The van der Waals surface area contributed by atoms with E-state index < -0.39 is 0 Å². The van der Waals surface area contributed by atoms with Gasteiger partial charge in [-0.15, -0.1) is 0 Å². The Kier molecular flexibility index (Phi) is 3.84. The molecule has 0 bridgehead atoms. The van der Waals surface area contributed by atoms with Gasteiger partial charge in [0, 0.05) is 38.1 Å². The molecule has 0 radical (unpaired) electrons. The third-order valence-electron chi connectivity index (χ3n) is 3.34. The molecule has 0 spiro atoms. The van der Waals surface area contributed by atoms with Gasteiger partial charge in [-0.1, -0.05) is 0 Å². The van der Waals surface area contributed by atoms with Crippen molar-refractivity contribution in [1.29, 1.82) is 0 Å². The maximum Gasteiger partial charge on any atom is 0.127 e. The van der Waals surface area contributed by atoms with Crippen LogP contribution in [0.15, 0.2) is 18.3 Å². The molecule has 0 amide bonds. The minimum Gasteiger partial charge on any atom is -0.376 e. The first-order valence-corrected chi connectivity index (χ1v) is 6.26. The molecular formula is C13H21N3O. The largest absolute Gasteiger partial charge is 0.376 e. The SMILES string of the molecule is CCNc1cc(N(C)C2CCOC2C)ccn1. The number of anilines is 2. The van der Waals surface area contributed by atoms with Gasteiger partial charge in [0.25, 0.3) is 0 Å². The monoisotopic (exact) mass is 235 g/mol. The number of hydrogen-bond donors (Lipinski definition) is 1. The average molecular weight is 235 g/mol. The molecule has 2 heterocycles. The second-order valence-corrected chi connectivity index (χ2v) is 4.47. The molecule has 1 fully saturated rings. The first-order valence-electron chi connectivity index (χ1n) is 6.26. The Bertz CT molecular complexity index is 369. The predicted molar refractivity (Wildman–Crippen MR) is 70.6 cm³/mol. The van der Waals surface area contributed by atoms with Crippen molar-refractivity contribution in [3.8, 4) is 0 Å². The molecule has 17 heavy (non-hydrogen) atoms. The summed E-state index contributed by atoms with van der Waals surface area (Å²) in [6.45, 7) is 5.97. The van der Waals surface area contributed by atoms with Gasteiger partial charge in [0.1, 0.15) is 5.82 Å². The summed E-state index contributed by atoms with van der Waals surface area (Å²) in [5.74, 6) is 0.934. The first-order chi connectivity index (χ1) is 8.22. The van der Waals surface area contributed by atoms with E-state index in [-0.39, 0.29) is 0 Å². The maximum atomic E-state index is 5.61. The third-order valence-corrected chi connectivity index (χ3v) is 3.34. The van der Waals surface area contributed by atoms with E-state index >= 15 is 0 Å². The lowest BCUT2D eigenvalue weighted by molar-refractivity contribution is 0.118. The van der Waals surface area contributed by atoms with Crippen LogP contribution in [0.4, 0.5) is 11.5 Å². The number of rotatable bonds is 4. The van der Waals surface area contributed by atoms with Crippen molar-refractivity contribution in [2.45, 2.75) is 32.4 Å². The Morgan fingerprint density at radius 1 is 1.59 bits per heavy atom. The van der Waals surface area contributed by atoms with Crippen molar-refractivity contribution >= 4 is 11.5 Å². The summed E-state index contributed by atoms with van der Waals surface area (Å²) < 4.78 is 5.61. The fourth-order valence-electron chi connectivity index (χ4n) is 2.34. The Balaban J connectivity index is 2.12. The van der Waals surface area contributed by atoms with Crippen LogP contribution in [0.3, 0.4) is 0 Å². The zero-order valence-electron chi connectivity index (χ0n) is 10.8. The molecule has 1 aromatic rings. The van der Waals surface area contributed by atoms with Crippen LogP contribution >= 0.6 is 0 Å². The summed E-state index contributed by atoms with van der Waals surface area (Å²) in [6, 6.07) is 4.60. The molecule has 0 aromatic carbocycles. The van der Waals surface area contributed by atoms with E-state index in [1.165, 1.54) is 5.69 Å². The number of nitrogens with zero attached hydrogens (tertiary/aromatic N) is 2. The molecular weight excluding hydrogens is 214 g/mol. The summed E-state index contributed by atoms with van der Waals surface area (Å²) in [6.07, 6.45) is 3.25. The van der Waals surface area contributed by atoms with Crippen LogP contribution in [0, 0.1) is 0 Å². The van der Waals surface area contributed by atoms with E-state index in [4.69, 9.17) is 4.74 Å². The van der Waals surface area contributed by atoms with E-state index in [9.17, 15) is 0 Å². The smallest absolute Gasteiger partial charge is 0.127 e. The highest BCUT2D eigenvalue weighted by Crippen LogP contribution is 2.25. The molecule has 1 aliphatic heterocycles. The molecule has 0 saturated carbocycles. The van der Waals surface area contributed by atoms with Crippen molar-refractivity contribution in [3.63, 3.8) is 0 Å². The predicted octanol–water partition coefficient (Wildman–Crippen LogP) is 2.13. The lowest BCUT2D eigenvalue weighted by Gasteiger charge is -2.28. The quantitative estimate of drug-likeness (QED) is 0.867. The van der Waals surface area contributed by atoms with Crippen LogP contribution in [-0.2, 0) is 4.74 Å². The lowest BCUT2D eigenvalue weighted by Crippen LogP contribution is -2.36. The zero-order valence-corrected chi connectivity index (χ0v) is 10.8. The van der Waals surface area contributed by atoms with E-state index in [1.807, 2.05) is 12.3 Å². The number of hydrogen-bond acceptors (Lipinski definition) is 4. The van der Waals surface area contributed by atoms with Gasteiger partial charge in [-0.2, -0.15) is 0 Å². The van der Waals surface area contributed by atoms with Gasteiger partial charge in [-0.05, 0) is 26.3 Å². The number of pyridine rings is 1. The highest BCUT2D eigenvalue weighted by Gasteiger charge is 2.28. The fourth-order valence-corrected chi connectivity index (χ4v) is 2.34. The minimum atomic E-state index is 0.302. The number of ether oxygens (including phenoxy) is 1. The molecule has 2 rings (SSSR count). The van der Waals surface area contributed by atoms with Crippen LogP contribution in [0.2, 0.25) is 0 Å². The molecule has 1 aromatic heterocycles. The third kappa shape index (κ3) is 2.69. The molecule has 94 valence electrons. The maximum absolute atomic E-state index is 5.61. The Morgan fingerprint density at radius 2 is 2.41 bits per heavy atom. The van der Waals surface area contributed by atoms with E-state index in [0.29, 0.717) is 12.1 Å². The second-order valence-electron chi connectivity index (χ2n) is 4.47. The molecule has 2 unspecified atom stereocenters. The van der Waals surface area contributed by atoms with Crippen molar-refractivity contribution in [2.75, 3.05) is 30.4 Å². The Hall–Kier alpha value is -1.29. The lowest BCUT2D eigenvalue weighted by atomic mass is 10.1. The Morgan fingerprint density at radius 3 is 3.06 bits per heavy atom. The van der Waals surface area contributed by atoms with Crippen LogP contribution < -0.4 is 10.2 Å². The molecule has 0 aliphatic carbocycles. The summed E-state index contributed by atoms with van der Waals surface area (Å²) >= 11 is 0. The summed E-state index contributed by atoms with van der Waals surface area (Å²) in [7, 11) is 2.13. The molecule has 1 N–H and O–H groups in total.